The summed E-state index contributed by atoms with van der Waals surface area (Å²) in [4.78, 5) is 6.86. The molecule has 2 rings (SSSR count). The Morgan fingerprint density at radius 2 is 1.94 bits per heavy atom. The molecule has 2 N–H and O–H groups in total. The number of hydrogen-bond acceptors (Lipinski definition) is 3. The minimum Gasteiger partial charge on any atom is -0.397 e. The monoisotopic (exact) mass is 297 g/mol. The van der Waals surface area contributed by atoms with Crippen molar-refractivity contribution in [2.45, 2.75) is 27.2 Å². The second-order valence-electron chi connectivity index (χ2n) is 5.33. The molecule has 0 saturated carbocycles. The Morgan fingerprint density at radius 1 is 1.35 bits per heavy atom. The predicted molar refractivity (Wildman–Crippen MR) is 76.2 cm³/mol. The van der Waals surface area contributed by atoms with Crippen LogP contribution in [0.25, 0.3) is 0 Å². The summed E-state index contributed by atoms with van der Waals surface area (Å²) in [5.74, 6) is 2.49. The smallest absolute Gasteiger partial charge is 0.143 e. The van der Waals surface area contributed by atoms with E-state index in [1.54, 1.807) is 6.20 Å². The molecule has 1 fully saturated rings. The topological polar surface area (TPSA) is 42.1 Å². The number of anilines is 2. The van der Waals surface area contributed by atoms with Crippen molar-refractivity contribution in [1.82, 2.24) is 4.98 Å². The van der Waals surface area contributed by atoms with E-state index in [1.165, 1.54) is 6.42 Å². The maximum absolute atomic E-state index is 5.86. The second kappa shape index (κ2) is 4.84. The third kappa shape index (κ3) is 2.57. The summed E-state index contributed by atoms with van der Waals surface area (Å²) in [6, 6.07) is 0. The summed E-state index contributed by atoms with van der Waals surface area (Å²) in [7, 11) is 0. The van der Waals surface area contributed by atoms with Gasteiger partial charge in [0.05, 0.1) is 16.4 Å². The predicted octanol–water partition coefficient (Wildman–Crippen LogP) is 3.22. The second-order valence-corrected chi connectivity index (χ2v) is 6.12. The average molecular weight is 298 g/mol. The third-order valence-electron chi connectivity index (χ3n) is 3.45. The lowest BCUT2D eigenvalue weighted by molar-refractivity contribution is 0.355. The SMILES string of the molecule is Cc1c(N)cnc(N2CC(C)CC(C)C2)c1Br. The zero-order valence-corrected chi connectivity index (χ0v) is 12.3. The van der Waals surface area contributed by atoms with E-state index in [1.807, 2.05) is 6.92 Å². The Morgan fingerprint density at radius 3 is 2.53 bits per heavy atom. The number of pyridine rings is 1. The van der Waals surface area contributed by atoms with Gasteiger partial charge in [-0.3, -0.25) is 0 Å². The molecule has 0 spiro atoms. The van der Waals surface area contributed by atoms with E-state index in [4.69, 9.17) is 5.73 Å². The van der Waals surface area contributed by atoms with Gasteiger partial charge in [0.1, 0.15) is 5.82 Å². The van der Waals surface area contributed by atoms with Gasteiger partial charge < -0.3 is 10.6 Å². The molecule has 0 aromatic carbocycles. The van der Waals surface area contributed by atoms with Crippen LogP contribution in [0.3, 0.4) is 0 Å². The Labute approximate surface area is 112 Å². The normalized spacial score (nSPS) is 25.1. The number of nitrogen functional groups attached to an aromatic ring is 1. The van der Waals surface area contributed by atoms with Gasteiger partial charge in [0.2, 0.25) is 0 Å². The molecule has 2 unspecified atom stereocenters. The molecule has 0 radical (unpaired) electrons. The van der Waals surface area contributed by atoms with E-state index in [2.05, 4.69) is 39.7 Å². The van der Waals surface area contributed by atoms with Gasteiger partial charge in [-0.05, 0) is 46.7 Å². The number of nitrogens with two attached hydrogens (primary N) is 1. The molecular weight excluding hydrogens is 278 g/mol. The minimum atomic E-state index is 0.727. The van der Waals surface area contributed by atoms with Crippen molar-refractivity contribution in [3.63, 3.8) is 0 Å². The largest absolute Gasteiger partial charge is 0.397 e. The van der Waals surface area contributed by atoms with E-state index in [-0.39, 0.29) is 0 Å². The van der Waals surface area contributed by atoms with Crippen molar-refractivity contribution in [2.75, 3.05) is 23.7 Å². The molecule has 2 atom stereocenters. The number of rotatable bonds is 1. The number of aromatic nitrogens is 1. The quantitative estimate of drug-likeness (QED) is 0.865. The molecule has 3 nitrogen and oxygen atoms in total. The maximum atomic E-state index is 5.86. The van der Waals surface area contributed by atoms with Crippen molar-refractivity contribution >= 4 is 27.4 Å². The fourth-order valence-corrected chi connectivity index (χ4v) is 3.22. The van der Waals surface area contributed by atoms with Gasteiger partial charge in [0, 0.05) is 13.1 Å². The highest BCUT2D eigenvalue weighted by molar-refractivity contribution is 9.10. The summed E-state index contributed by atoms with van der Waals surface area (Å²) in [5, 5.41) is 0. The Bertz CT molecular complexity index is 409. The molecule has 1 saturated heterocycles. The van der Waals surface area contributed by atoms with Crippen molar-refractivity contribution in [1.29, 1.82) is 0 Å². The number of piperidine rings is 1. The zero-order chi connectivity index (χ0) is 12.6. The highest BCUT2D eigenvalue weighted by atomic mass is 79.9. The van der Waals surface area contributed by atoms with Crippen LogP contribution < -0.4 is 10.6 Å². The molecule has 2 heterocycles. The highest BCUT2D eigenvalue weighted by Crippen LogP contribution is 2.33. The van der Waals surface area contributed by atoms with E-state index in [9.17, 15) is 0 Å². The minimum absolute atomic E-state index is 0.727. The molecule has 17 heavy (non-hydrogen) atoms. The standard InChI is InChI=1S/C13H20BrN3/c1-8-4-9(2)7-17(6-8)13-12(14)10(3)11(15)5-16-13/h5,8-9H,4,6-7,15H2,1-3H3. The summed E-state index contributed by atoms with van der Waals surface area (Å²) in [6.07, 6.45) is 3.07. The van der Waals surface area contributed by atoms with Crippen molar-refractivity contribution in [2.24, 2.45) is 11.8 Å². The first-order valence-electron chi connectivity index (χ1n) is 6.14. The van der Waals surface area contributed by atoms with Crippen LogP contribution in [-0.4, -0.2) is 18.1 Å². The molecule has 0 aliphatic carbocycles. The zero-order valence-electron chi connectivity index (χ0n) is 10.7. The fourth-order valence-electron chi connectivity index (χ4n) is 2.63. The van der Waals surface area contributed by atoms with E-state index in [0.717, 1.165) is 46.5 Å². The van der Waals surface area contributed by atoms with Gasteiger partial charge in [-0.2, -0.15) is 0 Å². The van der Waals surface area contributed by atoms with E-state index >= 15 is 0 Å². The van der Waals surface area contributed by atoms with Crippen molar-refractivity contribution in [3.8, 4) is 0 Å². The average Bonchev–Trinajstić information content (AvgIpc) is 2.24. The summed E-state index contributed by atoms with van der Waals surface area (Å²) in [6.45, 7) is 8.81. The molecule has 1 aromatic rings. The van der Waals surface area contributed by atoms with Gasteiger partial charge in [0.25, 0.3) is 0 Å². The lowest BCUT2D eigenvalue weighted by atomic mass is 9.92. The van der Waals surface area contributed by atoms with Gasteiger partial charge in [-0.1, -0.05) is 13.8 Å². The number of halogens is 1. The third-order valence-corrected chi connectivity index (χ3v) is 4.40. The van der Waals surface area contributed by atoms with Gasteiger partial charge >= 0.3 is 0 Å². The van der Waals surface area contributed by atoms with Crippen LogP contribution in [0.1, 0.15) is 25.8 Å². The Balaban J connectivity index is 2.31. The van der Waals surface area contributed by atoms with Gasteiger partial charge in [-0.15, -0.1) is 0 Å². The maximum Gasteiger partial charge on any atom is 0.143 e. The van der Waals surface area contributed by atoms with Crippen molar-refractivity contribution < 1.29 is 0 Å². The summed E-state index contributed by atoms with van der Waals surface area (Å²) >= 11 is 3.62. The first kappa shape index (κ1) is 12.7. The molecule has 0 bridgehead atoms. The number of nitrogens with zero attached hydrogens (tertiary/aromatic N) is 2. The van der Waals surface area contributed by atoms with Gasteiger partial charge in [0.15, 0.2) is 0 Å². The Kier molecular flexibility index (Phi) is 3.61. The van der Waals surface area contributed by atoms with Gasteiger partial charge in [-0.25, -0.2) is 4.98 Å². The van der Waals surface area contributed by atoms with Crippen LogP contribution in [0.2, 0.25) is 0 Å². The first-order valence-corrected chi connectivity index (χ1v) is 6.93. The van der Waals surface area contributed by atoms with E-state index < -0.39 is 0 Å². The summed E-state index contributed by atoms with van der Waals surface area (Å²) < 4.78 is 1.04. The van der Waals surface area contributed by atoms with Crippen LogP contribution in [0.15, 0.2) is 10.7 Å². The van der Waals surface area contributed by atoms with Crippen LogP contribution in [0.4, 0.5) is 11.5 Å². The molecule has 94 valence electrons. The lowest BCUT2D eigenvalue weighted by Gasteiger charge is -2.36. The lowest BCUT2D eigenvalue weighted by Crippen LogP contribution is -2.39. The Hall–Kier alpha value is -0.770. The molecule has 0 amide bonds. The number of hydrogen-bond donors (Lipinski definition) is 1. The molecular formula is C13H20BrN3. The molecule has 1 aliphatic heterocycles. The first-order chi connectivity index (χ1) is 7.99. The molecule has 1 aromatic heterocycles. The molecule has 4 heteroatoms. The van der Waals surface area contributed by atoms with Crippen LogP contribution in [0.5, 0.6) is 0 Å². The van der Waals surface area contributed by atoms with Crippen LogP contribution >= 0.6 is 15.9 Å². The van der Waals surface area contributed by atoms with Crippen molar-refractivity contribution in [3.05, 3.63) is 16.2 Å². The highest BCUT2D eigenvalue weighted by Gasteiger charge is 2.24. The van der Waals surface area contributed by atoms with Crippen LogP contribution in [0, 0.1) is 18.8 Å². The molecule has 1 aliphatic rings. The van der Waals surface area contributed by atoms with Crippen LogP contribution in [-0.2, 0) is 0 Å². The fraction of sp³-hybridized carbons (Fsp3) is 0.615. The van der Waals surface area contributed by atoms with E-state index in [0.29, 0.717) is 0 Å². The summed E-state index contributed by atoms with van der Waals surface area (Å²) in [5.41, 5.74) is 7.70.